The summed E-state index contributed by atoms with van der Waals surface area (Å²) in [5, 5.41) is 11.7. The average Bonchev–Trinajstić information content (AvgIpc) is 3.31. The van der Waals surface area contributed by atoms with Gasteiger partial charge in [-0.25, -0.2) is 0 Å². The molecule has 0 bridgehead atoms. The molecule has 0 aromatic carbocycles. The third-order valence-corrected chi connectivity index (χ3v) is 12.2. The maximum atomic E-state index is 13.5. The Bertz CT molecular complexity index is 849. The van der Waals surface area contributed by atoms with E-state index in [9.17, 15) is 9.90 Å². The minimum atomic E-state index is -1.19. The van der Waals surface area contributed by atoms with Gasteiger partial charge in [0.05, 0.1) is 24.9 Å². The van der Waals surface area contributed by atoms with Crippen molar-refractivity contribution in [3.8, 4) is 0 Å². The van der Waals surface area contributed by atoms with Crippen molar-refractivity contribution >= 4 is 5.78 Å². The molecule has 1 N–H and O–H groups in total. The van der Waals surface area contributed by atoms with Crippen LogP contribution in [0.1, 0.15) is 79.1 Å². The number of fused-ring (bicyclic) bond motifs is 8. The Morgan fingerprint density at radius 2 is 1.78 bits per heavy atom. The molecule has 5 nitrogen and oxygen atoms in total. The largest absolute Gasteiger partial charge is 0.381 e. The van der Waals surface area contributed by atoms with Crippen LogP contribution < -0.4 is 0 Å². The highest BCUT2D eigenvalue weighted by molar-refractivity contribution is 5.90. The highest BCUT2D eigenvalue weighted by atomic mass is 16.7. The minimum absolute atomic E-state index is 0.0894. The lowest BCUT2D eigenvalue weighted by atomic mass is 9.43. The van der Waals surface area contributed by atoms with Crippen molar-refractivity contribution in [3.63, 3.8) is 0 Å². The van der Waals surface area contributed by atoms with Gasteiger partial charge in [-0.15, -0.1) is 0 Å². The molecule has 3 saturated heterocycles. The van der Waals surface area contributed by atoms with Crippen molar-refractivity contribution in [1.82, 2.24) is 0 Å². The van der Waals surface area contributed by atoms with Gasteiger partial charge in [0.15, 0.2) is 11.6 Å². The van der Waals surface area contributed by atoms with E-state index in [4.69, 9.17) is 14.2 Å². The third kappa shape index (κ3) is 2.33. The molecule has 4 aliphatic carbocycles. The smallest absolute Gasteiger partial charge is 0.171 e. The molecular weight excluding hydrogens is 404 g/mol. The van der Waals surface area contributed by atoms with Crippen LogP contribution in [0.2, 0.25) is 0 Å². The van der Waals surface area contributed by atoms with Crippen LogP contribution >= 0.6 is 0 Å². The highest BCUT2D eigenvalue weighted by Crippen LogP contribution is 2.72. The number of hydrogen-bond acceptors (Lipinski definition) is 5. The number of ketones is 1. The maximum absolute atomic E-state index is 13.5. The van der Waals surface area contributed by atoms with Crippen LogP contribution in [-0.2, 0) is 19.0 Å². The van der Waals surface area contributed by atoms with Gasteiger partial charge in [0.2, 0.25) is 0 Å². The first-order valence-electron chi connectivity index (χ1n) is 13.3. The van der Waals surface area contributed by atoms with Crippen LogP contribution in [0, 0.1) is 46.3 Å². The van der Waals surface area contributed by atoms with Crippen molar-refractivity contribution in [2.24, 2.45) is 46.3 Å². The summed E-state index contributed by atoms with van der Waals surface area (Å²) in [5.41, 5.74) is -1.34. The Kier molecular flexibility index (Phi) is 4.03. The molecule has 5 heteroatoms. The molecule has 3 heterocycles. The van der Waals surface area contributed by atoms with E-state index in [0.717, 1.165) is 32.3 Å². The molecule has 4 saturated carbocycles. The summed E-state index contributed by atoms with van der Waals surface area (Å²) in [4.78, 5) is 13.5. The number of epoxide rings is 1. The fraction of sp³-hybridized carbons (Fsp3) is 0.963. The Labute approximate surface area is 191 Å². The average molecular weight is 445 g/mol. The van der Waals surface area contributed by atoms with Gasteiger partial charge in [-0.1, -0.05) is 27.7 Å². The second-order valence-corrected chi connectivity index (χ2v) is 13.4. The second-order valence-electron chi connectivity index (χ2n) is 13.4. The number of aliphatic hydroxyl groups is 1. The summed E-state index contributed by atoms with van der Waals surface area (Å²) in [6.07, 6.45) is 8.07. The molecule has 32 heavy (non-hydrogen) atoms. The van der Waals surface area contributed by atoms with Crippen LogP contribution in [0.25, 0.3) is 0 Å². The van der Waals surface area contributed by atoms with Crippen molar-refractivity contribution in [2.75, 3.05) is 6.61 Å². The molecule has 0 aromatic heterocycles. The number of ether oxygens (including phenoxy) is 3. The molecule has 7 fully saturated rings. The van der Waals surface area contributed by atoms with E-state index in [1.165, 1.54) is 12.8 Å². The molecule has 7 aliphatic rings. The Morgan fingerprint density at radius 1 is 1.00 bits per heavy atom. The monoisotopic (exact) mass is 444 g/mol. The number of carbonyl (C=O) groups excluding carboxylic acids is 1. The summed E-state index contributed by atoms with van der Waals surface area (Å²) < 4.78 is 19.1. The zero-order chi connectivity index (χ0) is 22.3. The minimum Gasteiger partial charge on any atom is -0.381 e. The van der Waals surface area contributed by atoms with E-state index < -0.39 is 5.60 Å². The van der Waals surface area contributed by atoms with Crippen LogP contribution in [0.15, 0.2) is 0 Å². The lowest BCUT2D eigenvalue weighted by molar-refractivity contribution is -0.273. The first-order chi connectivity index (χ1) is 15.1. The summed E-state index contributed by atoms with van der Waals surface area (Å²) >= 11 is 0. The Balaban J connectivity index is 1.20. The quantitative estimate of drug-likeness (QED) is 0.570. The van der Waals surface area contributed by atoms with Gasteiger partial charge >= 0.3 is 0 Å². The maximum Gasteiger partial charge on any atom is 0.171 e. The molecule has 0 unspecified atom stereocenters. The predicted molar refractivity (Wildman–Crippen MR) is 118 cm³/mol. The number of hydrogen-bond donors (Lipinski definition) is 1. The first-order valence-corrected chi connectivity index (χ1v) is 13.3. The van der Waals surface area contributed by atoms with E-state index in [1.807, 2.05) is 0 Å². The molecular formula is C27H40O5. The van der Waals surface area contributed by atoms with E-state index >= 15 is 0 Å². The second kappa shape index (κ2) is 6.19. The van der Waals surface area contributed by atoms with Crippen LogP contribution in [0.4, 0.5) is 0 Å². The van der Waals surface area contributed by atoms with Gasteiger partial charge in [-0.2, -0.15) is 0 Å². The molecule has 3 aliphatic heterocycles. The molecule has 13 atom stereocenters. The fourth-order valence-electron chi connectivity index (χ4n) is 10.3. The normalized spacial score (nSPS) is 65.0. The van der Waals surface area contributed by atoms with Gasteiger partial charge in [-0.05, 0) is 67.1 Å². The van der Waals surface area contributed by atoms with Crippen LogP contribution in [0.3, 0.4) is 0 Å². The lowest BCUT2D eigenvalue weighted by Gasteiger charge is -2.62. The highest BCUT2D eigenvalue weighted by Gasteiger charge is 2.74. The number of Topliss-reactive ketones (excluding diaryl/α,β-unsaturated/α-hetero) is 1. The van der Waals surface area contributed by atoms with Gasteiger partial charge in [0.25, 0.3) is 0 Å². The SMILES string of the molecule is C[C@@H]1CC[C@@]2(OC1)O[C@H]1C[C@H]3[C@@H]4CC(=O)[C@@]5(O)C[C@@H]6O[C@@H]6C[C@]5(C)[C@H]4CC[C@]3(C)[C@H]1[C@@H]2C. The van der Waals surface area contributed by atoms with Crippen molar-refractivity contribution in [2.45, 2.75) is 109 Å². The van der Waals surface area contributed by atoms with Crippen molar-refractivity contribution < 1.29 is 24.1 Å². The molecule has 0 amide bonds. The summed E-state index contributed by atoms with van der Waals surface area (Å²) in [6, 6.07) is 0. The van der Waals surface area contributed by atoms with Crippen LogP contribution in [-0.4, -0.2) is 47.2 Å². The van der Waals surface area contributed by atoms with E-state index in [-0.39, 0.29) is 40.7 Å². The molecule has 1 spiro atoms. The fourth-order valence-corrected chi connectivity index (χ4v) is 10.3. The molecule has 7 rings (SSSR count). The van der Waals surface area contributed by atoms with Crippen molar-refractivity contribution in [3.05, 3.63) is 0 Å². The zero-order valence-electron chi connectivity index (χ0n) is 20.1. The van der Waals surface area contributed by atoms with Crippen LogP contribution in [0.5, 0.6) is 0 Å². The third-order valence-electron chi connectivity index (χ3n) is 12.2. The standard InChI is InChI=1S/C27H40O5/c1-14-5-8-27(30-13-14)15(2)23-19(32-27)10-18-16-9-22(28)26(29)12-21-20(31-21)11-25(26,4)17(16)6-7-24(18,23)3/h14-21,23,29H,5-13H2,1-4H3/t14-,15+,16-,17+,18+,19+,20-,21+,23+,24+,25-,26+,27-/m1/s1. The summed E-state index contributed by atoms with van der Waals surface area (Å²) in [5.74, 6) is 2.50. The lowest BCUT2D eigenvalue weighted by Crippen LogP contribution is -2.66. The van der Waals surface area contributed by atoms with Gasteiger partial charge in [0.1, 0.15) is 5.60 Å². The van der Waals surface area contributed by atoms with Crippen molar-refractivity contribution in [1.29, 1.82) is 0 Å². The van der Waals surface area contributed by atoms with E-state index in [0.29, 0.717) is 48.3 Å². The number of rotatable bonds is 0. The summed E-state index contributed by atoms with van der Waals surface area (Å²) in [7, 11) is 0. The zero-order valence-corrected chi connectivity index (χ0v) is 20.1. The molecule has 0 radical (unpaired) electrons. The topological polar surface area (TPSA) is 68.3 Å². The number of carbonyl (C=O) groups is 1. The van der Waals surface area contributed by atoms with Gasteiger partial charge in [-0.3, -0.25) is 4.79 Å². The molecule has 0 aromatic rings. The van der Waals surface area contributed by atoms with E-state index in [1.54, 1.807) is 0 Å². The van der Waals surface area contributed by atoms with Gasteiger partial charge in [0, 0.05) is 30.6 Å². The molecule has 178 valence electrons. The Morgan fingerprint density at radius 3 is 2.53 bits per heavy atom. The predicted octanol–water partition coefficient (Wildman–Crippen LogP) is 4.10. The van der Waals surface area contributed by atoms with Gasteiger partial charge < -0.3 is 19.3 Å². The summed E-state index contributed by atoms with van der Waals surface area (Å²) in [6.45, 7) is 10.2. The van der Waals surface area contributed by atoms with E-state index in [2.05, 4.69) is 27.7 Å². The Hall–Kier alpha value is -0.490. The first kappa shape index (κ1) is 20.8.